The number of phenolic OH excluding ortho intramolecular Hbond substituents is 1. The number of cyclic esters (lactones) is 1. The second kappa shape index (κ2) is 14.8. The van der Waals surface area contributed by atoms with Crippen LogP contribution in [0.4, 0.5) is 11.6 Å². The van der Waals surface area contributed by atoms with Crippen LogP contribution in [-0.2, 0) is 24.5 Å². The Hall–Kier alpha value is -6.55. The summed E-state index contributed by atoms with van der Waals surface area (Å²) in [6, 6.07) is 30.4. The summed E-state index contributed by atoms with van der Waals surface area (Å²) in [5.74, 6) is 4.09. The monoisotopic (exact) mass is 760 g/mol. The molecule has 9 rings (SSSR count). The van der Waals surface area contributed by atoms with Gasteiger partial charge in [-0.1, -0.05) is 84.6 Å². The number of morpholine rings is 1. The van der Waals surface area contributed by atoms with Crippen molar-refractivity contribution in [3.05, 3.63) is 149 Å². The van der Waals surface area contributed by atoms with Crippen molar-refractivity contribution >= 4 is 29.4 Å². The summed E-state index contributed by atoms with van der Waals surface area (Å²) in [6.07, 6.45) is 2.83. The molecule has 2 amide bonds. The van der Waals surface area contributed by atoms with Gasteiger partial charge in [-0.05, 0) is 58.7 Å². The van der Waals surface area contributed by atoms with E-state index < -0.39 is 47.4 Å². The number of phenols is 1. The maximum absolute atomic E-state index is 15.6. The van der Waals surface area contributed by atoms with Gasteiger partial charge in [0.05, 0.1) is 24.6 Å². The second-order valence-corrected chi connectivity index (χ2v) is 14.7. The van der Waals surface area contributed by atoms with Gasteiger partial charge in [0.1, 0.15) is 23.3 Å². The number of ether oxygens (including phenoxy) is 1. The standard InChI is InChI=1S/C45H40N6O6/c52-27-8-7-10-29-15-20-35-34(28-29)45(43(56)48-35)36(41(54)49-23-25-50(26-24-49)44-46-21-9-22-47-44)38-42(55)57-39(31-13-5-2-6-14-31)37(30-11-3-1-4-12-30)51(38)40(45)32-16-18-33(53)19-17-32/h1-6,9,11-22,28,36-40,52-53H,8,23-27H2,(H,48,56)/t36-,37?,38-,39+,40+,45-/m1/s1. The number of aromatic hydroxyl groups is 1. The number of aromatic nitrogens is 2. The number of nitrogens with zero attached hydrogens (tertiary/aromatic N) is 5. The lowest BCUT2D eigenvalue weighted by molar-refractivity contribution is -0.179. The number of aliphatic hydroxyl groups is 1. The number of esters is 1. The third-order valence-corrected chi connectivity index (χ3v) is 11.7. The number of benzene rings is 4. The third kappa shape index (κ3) is 6.07. The summed E-state index contributed by atoms with van der Waals surface area (Å²) < 4.78 is 6.52. The minimum atomic E-state index is -1.67. The van der Waals surface area contributed by atoms with E-state index in [1.807, 2.05) is 76.5 Å². The molecule has 286 valence electrons. The van der Waals surface area contributed by atoms with Crippen LogP contribution in [0.2, 0.25) is 0 Å². The summed E-state index contributed by atoms with van der Waals surface area (Å²) >= 11 is 0. The third-order valence-electron chi connectivity index (χ3n) is 11.7. The highest BCUT2D eigenvalue weighted by atomic mass is 16.6. The Morgan fingerprint density at radius 1 is 0.825 bits per heavy atom. The van der Waals surface area contributed by atoms with Crippen LogP contribution in [0, 0.1) is 17.8 Å². The summed E-state index contributed by atoms with van der Waals surface area (Å²) in [5, 5.41) is 23.1. The molecule has 3 N–H and O–H groups in total. The van der Waals surface area contributed by atoms with Crippen LogP contribution >= 0.6 is 0 Å². The van der Waals surface area contributed by atoms with E-state index in [4.69, 9.17) is 4.74 Å². The van der Waals surface area contributed by atoms with Crippen molar-refractivity contribution in [3.63, 3.8) is 0 Å². The maximum atomic E-state index is 15.6. The maximum Gasteiger partial charge on any atom is 0.324 e. The summed E-state index contributed by atoms with van der Waals surface area (Å²) in [7, 11) is 0. The number of hydrogen-bond donors (Lipinski definition) is 3. The molecule has 5 aromatic rings. The smallest absolute Gasteiger partial charge is 0.324 e. The van der Waals surface area contributed by atoms with Crippen LogP contribution in [0.3, 0.4) is 0 Å². The number of aliphatic hydroxyl groups excluding tert-OH is 1. The summed E-state index contributed by atoms with van der Waals surface area (Å²) in [5.41, 5.74) is 2.24. The van der Waals surface area contributed by atoms with Gasteiger partial charge in [0.25, 0.3) is 0 Å². The highest BCUT2D eigenvalue weighted by Crippen LogP contribution is 2.65. The van der Waals surface area contributed by atoms with Gasteiger partial charge < -0.3 is 30.1 Å². The summed E-state index contributed by atoms with van der Waals surface area (Å²) in [6.45, 7) is 1.42. The van der Waals surface area contributed by atoms with Gasteiger partial charge in [0.15, 0.2) is 0 Å². The Kier molecular flexibility index (Phi) is 9.40. The number of hydrogen-bond acceptors (Lipinski definition) is 10. The lowest BCUT2D eigenvalue weighted by atomic mass is 9.65. The number of amides is 2. The molecule has 1 unspecified atom stereocenters. The molecule has 1 spiro atoms. The van der Waals surface area contributed by atoms with Gasteiger partial charge in [-0.2, -0.15) is 0 Å². The fourth-order valence-electron chi connectivity index (χ4n) is 9.31. The van der Waals surface area contributed by atoms with Crippen LogP contribution in [0.15, 0.2) is 122 Å². The predicted molar refractivity (Wildman–Crippen MR) is 211 cm³/mol. The zero-order valence-electron chi connectivity index (χ0n) is 30.9. The minimum absolute atomic E-state index is 0.0350. The second-order valence-electron chi connectivity index (χ2n) is 14.7. The van der Waals surface area contributed by atoms with Crippen LogP contribution in [0.25, 0.3) is 0 Å². The molecule has 12 heteroatoms. The van der Waals surface area contributed by atoms with Gasteiger partial charge in [-0.3, -0.25) is 19.3 Å². The molecule has 0 radical (unpaired) electrons. The molecule has 0 aliphatic carbocycles. The molecule has 6 atom stereocenters. The number of rotatable bonds is 6. The van der Waals surface area contributed by atoms with Crippen LogP contribution in [-0.4, -0.2) is 86.6 Å². The quantitative estimate of drug-likeness (QED) is 0.167. The first-order chi connectivity index (χ1) is 27.9. The molecule has 5 heterocycles. The Morgan fingerprint density at radius 3 is 2.19 bits per heavy atom. The lowest BCUT2D eigenvalue weighted by Gasteiger charge is -2.46. The zero-order chi connectivity index (χ0) is 39.1. The van der Waals surface area contributed by atoms with Crippen molar-refractivity contribution in [1.29, 1.82) is 0 Å². The summed E-state index contributed by atoms with van der Waals surface area (Å²) in [4.78, 5) is 60.6. The van der Waals surface area contributed by atoms with Gasteiger partial charge >= 0.3 is 5.97 Å². The number of fused-ring (bicyclic) bond motifs is 3. The molecule has 4 aliphatic heterocycles. The fourth-order valence-corrected chi connectivity index (χ4v) is 9.31. The van der Waals surface area contributed by atoms with Crippen LogP contribution < -0.4 is 10.2 Å². The first-order valence-electron chi connectivity index (χ1n) is 19.1. The van der Waals surface area contributed by atoms with E-state index in [0.717, 1.165) is 11.1 Å². The fraction of sp³-hybridized carbons (Fsp3) is 0.267. The van der Waals surface area contributed by atoms with E-state index in [9.17, 15) is 10.2 Å². The van der Waals surface area contributed by atoms with E-state index in [-0.39, 0.29) is 24.7 Å². The highest BCUT2D eigenvalue weighted by molar-refractivity contribution is 6.12. The van der Waals surface area contributed by atoms with Crippen LogP contribution in [0.5, 0.6) is 5.75 Å². The Balaban J connectivity index is 1.27. The van der Waals surface area contributed by atoms with Crippen molar-refractivity contribution in [1.82, 2.24) is 19.8 Å². The molecular weight excluding hydrogens is 721 g/mol. The van der Waals surface area contributed by atoms with E-state index in [2.05, 4.69) is 27.1 Å². The Morgan fingerprint density at radius 2 is 1.51 bits per heavy atom. The van der Waals surface area contributed by atoms with Gasteiger partial charge in [-0.25, -0.2) is 9.97 Å². The first-order valence-corrected chi connectivity index (χ1v) is 19.1. The number of carbonyl (C=O) groups excluding carboxylic acids is 3. The predicted octanol–water partition coefficient (Wildman–Crippen LogP) is 4.54. The lowest BCUT2D eigenvalue weighted by Crippen LogP contribution is -2.58. The van der Waals surface area contributed by atoms with Crippen molar-refractivity contribution in [3.8, 4) is 17.6 Å². The SMILES string of the molecule is O=C1O[C@@H](c2ccccc2)C(c2ccccc2)N2[C@@H](c3ccc(O)cc3)[C@]3(C(=O)Nc4ccc(C#CCCO)cc43)[C@@H](C(=O)N3CCN(c4ncccn4)CC3)[C@H]12. The average molecular weight is 761 g/mol. The topological polar surface area (TPSA) is 148 Å². The first kappa shape index (κ1) is 36.1. The van der Waals surface area contributed by atoms with E-state index in [1.54, 1.807) is 59.8 Å². The average Bonchev–Trinajstić information content (AvgIpc) is 3.73. The van der Waals surface area contributed by atoms with Crippen molar-refractivity contribution < 1.29 is 29.3 Å². The molecule has 3 saturated heterocycles. The molecule has 0 bridgehead atoms. The number of nitrogens with one attached hydrogen (secondary N) is 1. The Bertz CT molecular complexity index is 2360. The molecule has 1 aromatic heterocycles. The molecule has 12 nitrogen and oxygen atoms in total. The van der Waals surface area contributed by atoms with Gasteiger partial charge in [-0.15, -0.1) is 0 Å². The van der Waals surface area contributed by atoms with Crippen molar-refractivity contribution in [2.45, 2.75) is 36.1 Å². The zero-order valence-corrected chi connectivity index (χ0v) is 30.9. The van der Waals surface area contributed by atoms with Gasteiger partial charge in [0, 0.05) is 56.2 Å². The van der Waals surface area contributed by atoms with E-state index in [0.29, 0.717) is 54.5 Å². The van der Waals surface area contributed by atoms with Crippen molar-refractivity contribution in [2.24, 2.45) is 5.92 Å². The highest BCUT2D eigenvalue weighted by Gasteiger charge is 2.74. The normalized spacial score (nSPS) is 25.2. The number of anilines is 2. The van der Waals surface area contributed by atoms with E-state index >= 15 is 14.4 Å². The van der Waals surface area contributed by atoms with Crippen molar-refractivity contribution in [2.75, 3.05) is 43.0 Å². The minimum Gasteiger partial charge on any atom is -0.508 e. The molecular formula is C45H40N6O6. The van der Waals surface area contributed by atoms with Crippen LogP contribution in [0.1, 0.15) is 52.4 Å². The largest absolute Gasteiger partial charge is 0.508 e. The molecule has 3 fully saturated rings. The molecule has 4 aliphatic rings. The molecule has 57 heavy (non-hydrogen) atoms. The molecule has 4 aromatic carbocycles. The Labute approximate surface area is 329 Å². The number of carbonyl (C=O) groups is 3. The molecule has 0 saturated carbocycles. The van der Waals surface area contributed by atoms with E-state index in [1.165, 1.54) is 0 Å². The van der Waals surface area contributed by atoms with Gasteiger partial charge in [0.2, 0.25) is 17.8 Å². The number of piperazine rings is 1.